The normalized spacial score (nSPS) is 15.9. The second-order valence-corrected chi connectivity index (χ2v) is 8.83. The number of amides is 1. The predicted molar refractivity (Wildman–Crippen MR) is 110 cm³/mol. The van der Waals surface area contributed by atoms with Crippen molar-refractivity contribution in [3.05, 3.63) is 60.2 Å². The molecule has 150 valence electrons. The van der Waals surface area contributed by atoms with Gasteiger partial charge in [0.15, 0.2) is 0 Å². The Kier molecular flexibility index (Phi) is 6.70. The molecule has 1 aliphatic rings. The highest BCUT2D eigenvalue weighted by molar-refractivity contribution is 7.88. The number of nitrogens with one attached hydrogen (secondary N) is 1. The van der Waals surface area contributed by atoms with E-state index in [0.29, 0.717) is 44.0 Å². The molecular weight excluding hydrogens is 376 g/mol. The molecule has 0 unspecified atom stereocenters. The summed E-state index contributed by atoms with van der Waals surface area (Å²) in [6, 6.07) is 16.5. The maximum atomic E-state index is 12.6. The van der Waals surface area contributed by atoms with E-state index in [9.17, 15) is 13.2 Å². The number of benzene rings is 2. The lowest BCUT2D eigenvalue weighted by molar-refractivity contribution is -0.120. The Bertz CT molecular complexity index is 892. The number of ether oxygens (including phenoxy) is 1. The number of sulfonamides is 1. The number of rotatable bonds is 7. The molecule has 6 nitrogen and oxygen atoms in total. The van der Waals surface area contributed by atoms with Gasteiger partial charge in [0.1, 0.15) is 5.75 Å². The van der Waals surface area contributed by atoms with Gasteiger partial charge in [-0.1, -0.05) is 36.4 Å². The van der Waals surface area contributed by atoms with Crippen LogP contribution in [0.1, 0.15) is 25.3 Å². The van der Waals surface area contributed by atoms with Gasteiger partial charge in [0, 0.05) is 30.8 Å². The van der Waals surface area contributed by atoms with Gasteiger partial charge in [0.25, 0.3) is 0 Å². The van der Waals surface area contributed by atoms with Crippen LogP contribution in [0.15, 0.2) is 54.6 Å². The van der Waals surface area contributed by atoms with E-state index in [1.165, 1.54) is 4.31 Å². The van der Waals surface area contributed by atoms with Crippen molar-refractivity contribution in [1.29, 1.82) is 0 Å². The van der Waals surface area contributed by atoms with E-state index in [1.807, 2.05) is 55.5 Å². The van der Waals surface area contributed by atoms with Crippen molar-refractivity contribution in [3.63, 3.8) is 0 Å². The van der Waals surface area contributed by atoms with Crippen LogP contribution in [0.4, 0.5) is 5.69 Å². The molecule has 0 aliphatic carbocycles. The summed E-state index contributed by atoms with van der Waals surface area (Å²) >= 11 is 0. The second-order valence-electron chi connectivity index (χ2n) is 6.87. The highest BCUT2D eigenvalue weighted by Crippen LogP contribution is 2.24. The highest BCUT2D eigenvalue weighted by atomic mass is 32.2. The fourth-order valence-corrected chi connectivity index (χ4v) is 4.91. The van der Waals surface area contributed by atoms with Gasteiger partial charge in [-0.05, 0) is 37.5 Å². The summed E-state index contributed by atoms with van der Waals surface area (Å²) in [5.74, 6) is 0.435. The molecule has 0 atom stereocenters. The van der Waals surface area contributed by atoms with Gasteiger partial charge in [-0.25, -0.2) is 12.7 Å². The molecule has 1 fully saturated rings. The molecule has 3 rings (SSSR count). The first-order valence-corrected chi connectivity index (χ1v) is 11.1. The quantitative estimate of drug-likeness (QED) is 0.771. The molecule has 2 aromatic rings. The molecule has 2 aromatic carbocycles. The van der Waals surface area contributed by atoms with Crippen LogP contribution >= 0.6 is 0 Å². The van der Waals surface area contributed by atoms with E-state index < -0.39 is 10.0 Å². The van der Waals surface area contributed by atoms with Crippen molar-refractivity contribution >= 4 is 21.6 Å². The molecule has 0 aromatic heterocycles. The summed E-state index contributed by atoms with van der Waals surface area (Å²) in [6.07, 6.45) is 1.04. The minimum Gasteiger partial charge on any atom is -0.494 e. The lowest BCUT2D eigenvalue weighted by Crippen LogP contribution is -2.41. The van der Waals surface area contributed by atoms with Gasteiger partial charge in [-0.15, -0.1) is 0 Å². The topological polar surface area (TPSA) is 75.7 Å². The van der Waals surface area contributed by atoms with Crippen molar-refractivity contribution in [2.75, 3.05) is 25.0 Å². The standard InChI is InChI=1S/C21H26N2O4S/c1-2-27-20-10-6-9-19(15-20)22-21(24)18-11-13-23(14-12-18)28(25,26)16-17-7-4-3-5-8-17/h3-10,15,18H,2,11-14,16H2,1H3,(H,22,24). The van der Waals surface area contributed by atoms with Crippen LogP contribution in [0, 0.1) is 5.92 Å². The van der Waals surface area contributed by atoms with Crippen LogP contribution in [0.3, 0.4) is 0 Å². The van der Waals surface area contributed by atoms with E-state index in [1.54, 1.807) is 6.07 Å². The molecule has 1 N–H and O–H groups in total. The van der Waals surface area contributed by atoms with Gasteiger partial charge in [0.2, 0.25) is 15.9 Å². The maximum Gasteiger partial charge on any atom is 0.227 e. The number of carbonyl (C=O) groups excluding carboxylic acids is 1. The molecule has 0 bridgehead atoms. The number of nitrogens with zero attached hydrogens (tertiary/aromatic N) is 1. The Hall–Kier alpha value is -2.38. The van der Waals surface area contributed by atoms with Gasteiger partial charge in [-0.3, -0.25) is 4.79 Å². The van der Waals surface area contributed by atoms with Gasteiger partial charge < -0.3 is 10.1 Å². The van der Waals surface area contributed by atoms with Crippen molar-refractivity contribution < 1.29 is 17.9 Å². The van der Waals surface area contributed by atoms with E-state index in [4.69, 9.17) is 4.74 Å². The Morgan fingerprint density at radius 3 is 2.50 bits per heavy atom. The highest BCUT2D eigenvalue weighted by Gasteiger charge is 2.31. The molecule has 1 saturated heterocycles. The lowest BCUT2D eigenvalue weighted by atomic mass is 9.97. The first-order valence-electron chi connectivity index (χ1n) is 9.53. The van der Waals surface area contributed by atoms with Crippen molar-refractivity contribution in [2.24, 2.45) is 5.92 Å². The summed E-state index contributed by atoms with van der Waals surface area (Å²) < 4.78 is 32.2. The molecule has 1 amide bonds. The molecule has 28 heavy (non-hydrogen) atoms. The Morgan fingerprint density at radius 2 is 1.82 bits per heavy atom. The average molecular weight is 403 g/mol. The van der Waals surface area contributed by atoms with Crippen LogP contribution in [-0.4, -0.2) is 38.3 Å². The van der Waals surface area contributed by atoms with Crippen LogP contribution < -0.4 is 10.1 Å². The van der Waals surface area contributed by atoms with Gasteiger partial charge in [-0.2, -0.15) is 0 Å². The largest absolute Gasteiger partial charge is 0.494 e. The number of hydrogen-bond donors (Lipinski definition) is 1. The fraction of sp³-hybridized carbons (Fsp3) is 0.381. The van der Waals surface area contributed by atoms with E-state index in [-0.39, 0.29) is 17.6 Å². The molecule has 7 heteroatoms. The predicted octanol–water partition coefficient (Wildman–Crippen LogP) is 3.27. The van der Waals surface area contributed by atoms with E-state index in [0.717, 1.165) is 5.56 Å². The molecular formula is C21H26N2O4S. The summed E-state index contributed by atoms with van der Waals surface area (Å²) in [6.45, 7) is 3.21. The minimum atomic E-state index is -3.37. The monoisotopic (exact) mass is 402 g/mol. The van der Waals surface area contributed by atoms with Gasteiger partial charge in [0.05, 0.1) is 12.4 Å². The Balaban J connectivity index is 1.54. The summed E-state index contributed by atoms with van der Waals surface area (Å²) in [4.78, 5) is 12.6. The van der Waals surface area contributed by atoms with Crippen LogP contribution in [0.2, 0.25) is 0 Å². The van der Waals surface area contributed by atoms with Crippen molar-refractivity contribution in [1.82, 2.24) is 4.31 Å². The smallest absolute Gasteiger partial charge is 0.227 e. The third-order valence-electron chi connectivity index (χ3n) is 4.82. The third-order valence-corrected chi connectivity index (χ3v) is 6.67. The lowest BCUT2D eigenvalue weighted by Gasteiger charge is -2.30. The number of anilines is 1. The Morgan fingerprint density at radius 1 is 1.11 bits per heavy atom. The van der Waals surface area contributed by atoms with Crippen molar-refractivity contribution in [2.45, 2.75) is 25.5 Å². The SMILES string of the molecule is CCOc1cccc(NC(=O)C2CCN(S(=O)(=O)Cc3ccccc3)CC2)c1. The molecule has 0 spiro atoms. The molecule has 0 saturated carbocycles. The van der Waals surface area contributed by atoms with Crippen LogP contribution in [-0.2, 0) is 20.6 Å². The molecule has 1 heterocycles. The summed E-state index contributed by atoms with van der Waals surface area (Å²) in [7, 11) is -3.37. The van der Waals surface area contributed by atoms with Crippen molar-refractivity contribution in [3.8, 4) is 5.75 Å². The number of piperidine rings is 1. The molecule has 0 radical (unpaired) electrons. The average Bonchev–Trinajstić information content (AvgIpc) is 2.69. The zero-order valence-electron chi connectivity index (χ0n) is 16.0. The summed E-state index contributed by atoms with van der Waals surface area (Å²) in [5, 5.41) is 2.92. The molecule has 1 aliphatic heterocycles. The van der Waals surface area contributed by atoms with Crippen LogP contribution in [0.25, 0.3) is 0 Å². The van der Waals surface area contributed by atoms with Crippen LogP contribution in [0.5, 0.6) is 5.75 Å². The van der Waals surface area contributed by atoms with Gasteiger partial charge >= 0.3 is 0 Å². The Labute approximate surface area is 166 Å². The fourth-order valence-electron chi connectivity index (χ4n) is 3.35. The summed E-state index contributed by atoms with van der Waals surface area (Å²) in [5.41, 5.74) is 1.46. The number of hydrogen-bond acceptors (Lipinski definition) is 4. The van der Waals surface area contributed by atoms with E-state index >= 15 is 0 Å². The second kappa shape index (κ2) is 9.21. The number of carbonyl (C=O) groups is 1. The third kappa shape index (κ3) is 5.33. The van der Waals surface area contributed by atoms with E-state index in [2.05, 4.69) is 5.32 Å². The minimum absolute atomic E-state index is 0.00504. The zero-order valence-corrected chi connectivity index (χ0v) is 16.8. The first kappa shape index (κ1) is 20.4. The zero-order chi connectivity index (χ0) is 20.0. The maximum absolute atomic E-state index is 12.6. The first-order chi connectivity index (χ1) is 13.5.